The van der Waals surface area contributed by atoms with Crippen molar-refractivity contribution in [2.24, 2.45) is 0 Å². The summed E-state index contributed by atoms with van der Waals surface area (Å²) in [6.45, 7) is 12.1. The maximum absolute atomic E-state index is 5.00. The molecule has 0 aliphatic rings. The van der Waals surface area contributed by atoms with Crippen LogP contribution in [0.1, 0.15) is 34.2 Å². The molecule has 0 radical (unpaired) electrons. The molecule has 0 bridgehead atoms. The summed E-state index contributed by atoms with van der Waals surface area (Å²) < 4.78 is 0. The van der Waals surface area contributed by atoms with Crippen molar-refractivity contribution in [3.63, 3.8) is 0 Å². The highest BCUT2D eigenvalue weighted by atomic mass is 32.1. The molecular weight excluding hydrogens is 469 g/mol. The standard InChI is InChI=1S/C24H20N6S3/c1-9-11(3)27-17-15(25-9)7-31-21(17)23-19-20(30-14(6)13(5)29-19)24(33-23)22-18-16(8-32-22)26-10(2)12(4)28-18/h7-8H,1-6H3. The van der Waals surface area contributed by atoms with Crippen LogP contribution in [0.15, 0.2) is 10.8 Å². The zero-order valence-corrected chi connectivity index (χ0v) is 21.5. The first-order valence-corrected chi connectivity index (χ1v) is 13.1. The predicted octanol–water partition coefficient (Wildman–Crippen LogP) is 6.89. The van der Waals surface area contributed by atoms with Gasteiger partial charge in [0.15, 0.2) is 0 Å². The Morgan fingerprint density at radius 1 is 0.424 bits per heavy atom. The molecule has 6 nitrogen and oxygen atoms in total. The summed E-state index contributed by atoms with van der Waals surface area (Å²) in [6.07, 6.45) is 0. The Hall–Kier alpha value is -2.88. The van der Waals surface area contributed by atoms with Crippen LogP contribution in [0.2, 0.25) is 0 Å². The molecule has 6 rings (SSSR count). The van der Waals surface area contributed by atoms with E-state index in [0.717, 1.165) is 86.8 Å². The van der Waals surface area contributed by atoms with Gasteiger partial charge in [-0.3, -0.25) is 0 Å². The van der Waals surface area contributed by atoms with Gasteiger partial charge in [0.05, 0.1) is 53.7 Å². The van der Waals surface area contributed by atoms with Gasteiger partial charge in [0, 0.05) is 10.8 Å². The van der Waals surface area contributed by atoms with E-state index in [1.165, 1.54) is 0 Å². The second-order valence-corrected chi connectivity index (χ2v) is 11.0. The fourth-order valence-corrected chi connectivity index (χ4v) is 7.15. The van der Waals surface area contributed by atoms with Crippen molar-refractivity contribution < 1.29 is 0 Å². The monoisotopic (exact) mass is 488 g/mol. The van der Waals surface area contributed by atoms with Gasteiger partial charge < -0.3 is 0 Å². The van der Waals surface area contributed by atoms with Crippen molar-refractivity contribution in [1.29, 1.82) is 0 Å². The van der Waals surface area contributed by atoms with Crippen molar-refractivity contribution in [3.8, 4) is 19.5 Å². The van der Waals surface area contributed by atoms with Crippen molar-refractivity contribution in [3.05, 3.63) is 44.9 Å². The van der Waals surface area contributed by atoms with Gasteiger partial charge in [-0.05, 0) is 41.5 Å². The number of aryl methyl sites for hydroxylation is 6. The lowest BCUT2D eigenvalue weighted by atomic mass is 10.2. The number of hydrogen-bond acceptors (Lipinski definition) is 9. The normalized spacial score (nSPS) is 11.9. The zero-order valence-electron chi connectivity index (χ0n) is 19.1. The second-order valence-electron chi connectivity index (χ2n) is 8.24. The lowest BCUT2D eigenvalue weighted by molar-refractivity contribution is 1.10. The third kappa shape index (κ3) is 3.10. The van der Waals surface area contributed by atoms with Gasteiger partial charge in [0.25, 0.3) is 0 Å². The van der Waals surface area contributed by atoms with E-state index < -0.39 is 0 Å². The minimum Gasteiger partial charge on any atom is -0.249 e. The molecule has 0 fully saturated rings. The minimum atomic E-state index is 0.917. The highest BCUT2D eigenvalue weighted by Gasteiger charge is 2.24. The number of fused-ring (bicyclic) bond motifs is 3. The Balaban J connectivity index is 1.69. The fourth-order valence-electron chi connectivity index (χ4n) is 3.83. The van der Waals surface area contributed by atoms with Crippen molar-refractivity contribution in [2.45, 2.75) is 41.5 Å². The number of nitrogens with zero attached hydrogens (tertiary/aromatic N) is 6. The van der Waals surface area contributed by atoms with Crippen LogP contribution in [0.25, 0.3) is 52.6 Å². The quantitative estimate of drug-likeness (QED) is 0.264. The topological polar surface area (TPSA) is 77.3 Å². The highest BCUT2D eigenvalue weighted by Crippen LogP contribution is 2.48. The Morgan fingerprint density at radius 3 is 1.15 bits per heavy atom. The SMILES string of the molecule is Cc1nc2csc(-c3sc(-c4scc5nc(C)c(C)nc45)c4nc(C)c(C)nc34)c2nc1C. The summed E-state index contributed by atoms with van der Waals surface area (Å²) in [6, 6.07) is 0. The highest BCUT2D eigenvalue weighted by molar-refractivity contribution is 7.28. The van der Waals surface area contributed by atoms with Crippen LogP contribution in [-0.4, -0.2) is 29.9 Å². The number of rotatable bonds is 2. The van der Waals surface area contributed by atoms with E-state index in [-0.39, 0.29) is 0 Å². The summed E-state index contributed by atoms with van der Waals surface area (Å²) in [5.74, 6) is 0. The summed E-state index contributed by atoms with van der Waals surface area (Å²) in [5.41, 5.74) is 11.3. The third-order valence-corrected chi connectivity index (χ3v) is 9.44. The molecule has 6 aromatic rings. The minimum absolute atomic E-state index is 0.917. The fraction of sp³-hybridized carbons (Fsp3) is 0.250. The molecule has 0 saturated carbocycles. The van der Waals surface area contributed by atoms with Gasteiger partial charge in [-0.2, -0.15) is 0 Å². The molecule has 0 aromatic carbocycles. The molecule has 0 unspecified atom stereocenters. The number of thiophene rings is 3. The van der Waals surface area contributed by atoms with Gasteiger partial charge in [-0.25, -0.2) is 29.9 Å². The molecule has 0 spiro atoms. The van der Waals surface area contributed by atoms with Crippen LogP contribution in [0.4, 0.5) is 0 Å². The summed E-state index contributed by atoms with van der Waals surface area (Å²) in [5, 5.41) is 4.17. The van der Waals surface area contributed by atoms with Crippen LogP contribution < -0.4 is 0 Å². The van der Waals surface area contributed by atoms with E-state index in [1.54, 1.807) is 34.0 Å². The Kier molecular flexibility index (Phi) is 4.59. The summed E-state index contributed by atoms with van der Waals surface area (Å²) in [4.78, 5) is 33.6. The van der Waals surface area contributed by atoms with E-state index >= 15 is 0 Å². The molecule has 9 heteroatoms. The molecular formula is C24H20N6S3. The molecule has 0 aliphatic carbocycles. The van der Waals surface area contributed by atoms with Gasteiger partial charge in [-0.15, -0.1) is 34.0 Å². The van der Waals surface area contributed by atoms with E-state index in [4.69, 9.17) is 29.9 Å². The Bertz CT molecular complexity index is 1610. The first-order valence-electron chi connectivity index (χ1n) is 10.5. The third-order valence-electron chi connectivity index (χ3n) is 6.03. The first kappa shape index (κ1) is 20.7. The Labute approximate surface area is 202 Å². The van der Waals surface area contributed by atoms with Crippen molar-refractivity contribution >= 4 is 67.1 Å². The van der Waals surface area contributed by atoms with Crippen LogP contribution in [0.5, 0.6) is 0 Å². The summed E-state index contributed by atoms with van der Waals surface area (Å²) in [7, 11) is 0. The smallest absolute Gasteiger partial charge is 0.109 e. The van der Waals surface area contributed by atoms with Crippen LogP contribution >= 0.6 is 34.0 Å². The molecule has 0 amide bonds. The molecule has 0 aliphatic heterocycles. The lowest BCUT2D eigenvalue weighted by Gasteiger charge is -2.02. The molecule has 0 N–H and O–H groups in total. The molecule has 164 valence electrons. The average molecular weight is 489 g/mol. The zero-order chi connectivity index (χ0) is 23.0. The van der Waals surface area contributed by atoms with Gasteiger partial charge in [0.1, 0.15) is 33.1 Å². The first-order chi connectivity index (χ1) is 15.8. The van der Waals surface area contributed by atoms with Crippen LogP contribution in [-0.2, 0) is 0 Å². The molecule has 0 saturated heterocycles. The van der Waals surface area contributed by atoms with Crippen molar-refractivity contribution in [2.75, 3.05) is 0 Å². The van der Waals surface area contributed by atoms with E-state index in [0.29, 0.717) is 0 Å². The molecule has 6 heterocycles. The molecule has 33 heavy (non-hydrogen) atoms. The van der Waals surface area contributed by atoms with E-state index in [9.17, 15) is 0 Å². The van der Waals surface area contributed by atoms with Crippen LogP contribution in [0, 0.1) is 41.5 Å². The van der Waals surface area contributed by atoms with E-state index in [1.807, 2.05) is 41.5 Å². The number of hydrogen-bond donors (Lipinski definition) is 0. The van der Waals surface area contributed by atoms with E-state index in [2.05, 4.69) is 10.8 Å². The average Bonchev–Trinajstić information content (AvgIpc) is 3.45. The second kappa shape index (κ2) is 7.31. The van der Waals surface area contributed by atoms with Crippen molar-refractivity contribution in [1.82, 2.24) is 29.9 Å². The largest absolute Gasteiger partial charge is 0.249 e. The molecule has 6 aromatic heterocycles. The lowest BCUT2D eigenvalue weighted by Crippen LogP contribution is -1.94. The predicted molar refractivity (Wildman–Crippen MR) is 139 cm³/mol. The molecule has 0 atom stereocenters. The van der Waals surface area contributed by atoms with Gasteiger partial charge in [-0.1, -0.05) is 0 Å². The van der Waals surface area contributed by atoms with Crippen LogP contribution in [0.3, 0.4) is 0 Å². The Morgan fingerprint density at radius 2 is 0.758 bits per heavy atom. The maximum atomic E-state index is 5.00. The summed E-state index contributed by atoms with van der Waals surface area (Å²) >= 11 is 5.06. The number of aromatic nitrogens is 6. The van der Waals surface area contributed by atoms with Gasteiger partial charge >= 0.3 is 0 Å². The van der Waals surface area contributed by atoms with Gasteiger partial charge in [0.2, 0.25) is 0 Å². The maximum Gasteiger partial charge on any atom is 0.109 e.